The second-order valence-corrected chi connectivity index (χ2v) is 8.48. The summed E-state index contributed by atoms with van der Waals surface area (Å²) in [6, 6.07) is 9.95. The van der Waals surface area contributed by atoms with Crippen molar-refractivity contribution in [1.29, 1.82) is 0 Å². The smallest absolute Gasteiger partial charge is 0.404 e. The largest absolute Gasteiger partial charge is 0.465 e. The maximum atomic E-state index is 11.2. The van der Waals surface area contributed by atoms with E-state index in [1.165, 1.54) is 70.6 Å². The van der Waals surface area contributed by atoms with Gasteiger partial charge in [-0.3, -0.25) is 0 Å². The number of benzene rings is 1. The average molecular weight is 420 g/mol. The van der Waals surface area contributed by atoms with Crippen LogP contribution in [-0.4, -0.2) is 23.3 Å². The molecule has 0 aromatic heterocycles. The van der Waals surface area contributed by atoms with Crippen LogP contribution < -0.4 is 5.32 Å². The van der Waals surface area contributed by atoms with E-state index in [1.54, 1.807) is 0 Å². The third-order valence-corrected chi connectivity index (χ3v) is 5.85. The number of hydrogen-bond acceptors (Lipinski definition) is 2. The number of nitrogens with one attached hydrogen (secondary N) is 1. The number of unbranched alkanes of at least 4 members (excludes halogenated alkanes) is 11. The van der Waals surface area contributed by atoms with Crippen LogP contribution in [0.15, 0.2) is 30.3 Å². The van der Waals surface area contributed by atoms with Gasteiger partial charge < -0.3 is 15.2 Å². The molecule has 2 N–H and O–H groups in total. The number of carbonyl (C=O) groups is 1. The third-order valence-electron chi connectivity index (χ3n) is 5.85. The molecule has 0 saturated heterocycles. The van der Waals surface area contributed by atoms with Crippen LogP contribution in [0, 0.1) is 0 Å². The molecule has 0 fully saturated rings. The van der Waals surface area contributed by atoms with E-state index < -0.39 is 6.09 Å². The van der Waals surface area contributed by atoms with Crippen LogP contribution in [0.1, 0.15) is 109 Å². The van der Waals surface area contributed by atoms with Crippen LogP contribution in [0.2, 0.25) is 0 Å². The summed E-state index contributed by atoms with van der Waals surface area (Å²) < 4.78 is 6.16. The van der Waals surface area contributed by atoms with Crippen molar-refractivity contribution in [3.63, 3.8) is 0 Å². The molecule has 0 aliphatic heterocycles. The number of carboxylic acid groups (broad SMARTS) is 1. The lowest BCUT2D eigenvalue weighted by Gasteiger charge is -2.26. The Hall–Kier alpha value is -1.55. The maximum absolute atomic E-state index is 11.2. The predicted molar refractivity (Wildman–Crippen MR) is 126 cm³/mol. The summed E-state index contributed by atoms with van der Waals surface area (Å²) in [6.45, 7) is 4.81. The van der Waals surface area contributed by atoms with Crippen molar-refractivity contribution in [2.45, 2.75) is 122 Å². The van der Waals surface area contributed by atoms with Crippen molar-refractivity contribution in [3.05, 3.63) is 35.9 Å². The summed E-state index contributed by atoms with van der Waals surface area (Å²) in [5.41, 5.74) is 1.13. The second kappa shape index (κ2) is 18.2. The molecule has 0 aliphatic carbocycles. The van der Waals surface area contributed by atoms with E-state index in [0.717, 1.165) is 24.8 Å². The molecule has 30 heavy (non-hydrogen) atoms. The second-order valence-electron chi connectivity index (χ2n) is 8.48. The van der Waals surface area contributed by atoms with E-state index in [2.05, 4.69) is 12.2 Å². The van der Waals surface area contributed by atoms with Crippen LogP contribution >= 0.6 is 0 Å². The lowest BCUT2D eigenvalue weighted by Crippen LogP contribution is -2.43. The van der Waals surface area contributed by atoms with Gasteiger partial charge in [-0.15, -0.1) is 0 Å². The minimum atomic E-state index is -0.968. The van der Waals surface area contributed by atoms with Crippen molar-refractivity contribution in [3.8, 4) is 0 Å². The van der Waals surface area contributed by atoms with Gasteiger partial charge in [0.15, 0.2) is 0 Å². The Bertz CT molecular complexity index is 520. The van der Waals surface area contributed by atoms with Gasteiger partial charge in [0, 0.05) is 0 Å². The minimum absolute atomic E-state index is 0.0746. The molecule has 1 aromatic carbocycles. The van der Waals surface area contributed by atoms with Crippen LogP contribution in [0.3, 0.4) is 0 Å². The van der Waals surface area contributed by atoms with E-state index in [1.807, 2.05) is 37.3 Å². The molecule has 0 radical (unpaired) electrons. The highest BCUT2D eigenvalue weighted by molar-refractivity contribution is 5.64. The number of amides is 1. The maximum Gasteiger partial charge on any atom is 0.404 e. The minimum Gasteiger partial charge on any atom is -0.465 e. The summed E-state index contributed by atoms with van der Waals surface area (Å²) in [6.07, 6.45) is 16.5. The molecule has 0 spiro atoms. The number of rotatable bonds is 19. The number of ether oxygens (including phenoxy) is 1. The van der Waals surface area contributed by atoms with Crippen molar-refractivity contribution in [2.75, 3.05) is 0 Å². The molecule has 4 nitrogen and oxygen atoms in total. The van der Waals surface area contributed by atoms with Gasteiger partial charge >= 0.3 is 6.09 Å². The Kier molecular flexibility index (Phi) is 16.1. The topological polar surface area (TPSA) is 58.6 Å². The molecule has 0 aliphatic rings. The highest BCUT2D eigenvalue weighted by Gasteiger charge is 2.22. The van der Waals surface area contributed by atoms with Gasteiger partial charge in [-0.25, -0.2) is 4.79 Å². The molecule has 4 heteroatoms. The molecule has 1 amide bonds. The summed E-state index contributed by atoms with van der Waals surface area (Å²) in [5.74, 6) is 0. The summed E-state index contributed by atoms with van der Waals surface area (Å²) in [4.78, 5) is 11.2. The lowest BCUT2D eigenvalue weighted by atomic mass is 10.00. The monoisotopic (exact) mass is 419 g/mol. The first-order valence-electron chi connectivity index (χ1n) is 12.3. The molecule has 2 atom stereocenters. The van der Waals surface area contributed by atoms with Crippen LogP contribution in [0.25, 0.3) is 0 Å². The number of hydrogen-bond donors (Lipinski definition) is 2. The van der Waals surface area contributed by atoms with E-state index in [4.69, 9.17) is 9.84 Å². The first-order chi connectivity index (χ1) is 14.7. The fourth-order valence-corrected chi connectivity index (χ4v) is 3.98. The first-order valence-corrected chi connectivity index (χ1v) is 12.3. The summed E-state index contributed by atoms with van der Waals surface area (Å²) in [5, 5.41) is 11.8. The van der Waals surface area contributed by atoms with Gasteiger partial charge in [0.2, 0.25) is 0 Å². The first kappa shape index (κ1) is 26.5. The third kappa shape index (κ3) is 13.6. The Morgan fingerprint density at radius 3 is 1.90 bits per heavy atom. The average Bonchev–Trinajstić information content (AvgIpc) is 2.75. The SMILES string of the molecule is CCCCCCCCCCCCCCC(OCc1ccccc1)C(CC)NC(=O)O. The Labute approximate surface area is 184 Å². The van der Waals surface area contributed by atoms with Crippen LogP contribution in [0.4, 0.5) is 4.79 Å². The molecule has 0 bridgehead atoms. The van der Waals surface area contributed by atoms with Crippen LogP contribution in [-0.2, 0) is 11.3 Å². The quantitative estimate of drug-likeness (QED) is 0.226. The summed E-state index contributed by atoms with van der Waals surface area (Å²) in [7, 11) is 0. The van der Waals surface area contributed by atoms with Crippen molar-refractivity contribution >= 4 is 6.09 Å². The van der Waals surface area contributed by atoms with E-state index in [0.29, 0.717) is 6.61 Å². The van der Waals surface area contributed by atoms with E-state index >= 15 is 0 Å². The van der Waals surface area contributed by atoms with Gasteiger partial charge in [-0.1, -0.05) is 121 Å². The molecular formula is C26H45NO3. The molecule has 0 saturated carbocycles. The zero-order chi connectivity index (χ0) is 21.9. The molecule has 172 valence electrons. The van der Waals surface area contributed by atoms with E-state index in [-0.39, 0.29) is 12.1 Å². The van der Waals surface area contributed by atoms with Gasteiger partial charge in [-0.2, -0.15) is 0 Å². The zero-order valence-corrected chi connectivity index (χ0v) is 19.4. The Balaban J connectivity index is 2.23. The lowest BCUT2D eigenvalue weighted by molar-refractivity contribution is 0.00758. The van der Waals surface area contributed by atoms with Gasteiger partial charge in [-0.05, 0) is 18.4 Å². The molecule has 1 aromatic rings. The molecule has 0 heterocycles. The Morgan fingerprint density at radius 2 is 1.40 bits per heavy atom. The molecular weight excluding hydrogens is 374 g/mol. The fourth-order valence-electron chi connectivity index (χ4n) is 3.98. The van der Waals surface area contributed by atoms with Crippen molar-refractivity contribution in [2.24, 2.45) is 0 Å². The highest BCUT2D eigenvalue weighted by atomic mass is 16.5. The fraction of sp³-hybridized carbons (Fsp3) is 0.731. The van der Waals surface area contributed by atoms with E-state index in [9.17, 15) is 4.79 Å². The highest BCUT2D eigenvalue weighted by Crippen LogP contribution is 2.17. The van der Waals surface area contributed by atoms with Crippen molar-refractivity contribution < 1.29 is 14.6 Å². The Morgan fingerprint density at radius 1 is 0.867 bits per heavy atom. The van der Waals surface area contributed by atoms with Gasteiger partial charge in [0.1, 0.15) is 0 Å². The molecule has 2 unspecified atom stereocenters. The van der Waals surface area contributed by atoms with Gasteiger partial charge in [0.25, 0.3) is 0 Å². The predicted octanol–water partition coefficient (Wildman–Crippen LogP) is 7.71. The summed E-state index contributed by atoms with van der Waals surface area (Å²) >= 11 is 0. The van der Waals surface area contributed by atoms with Crippen molar-refractivity contribution in [1.82, 2.24) is 5.32 Å². The normalized spacial score (nSPS) is 13.1. The standard InChI is InChI=1S/C26H45NO3/c1-3-5-6-7-8-9-10-11-12-13-14-18-21-25(24(4-2)27-26(28)29)30-22-23-19-16-15-17-20-23/h15-17,19-20,24-25,27H,3-14,18,21-22H2,1-2H3,(H,28,29). The van der Waals surface area contributed by atoms with Crippen LogP contribution in [0.5, 0.6) is 0 Å². The van der Waals surface area contributed by atoms with Gasteiger partial charge in [0.05, 0.1) is 18.8 Å². The molecule has 1 rings (SSSR count). The zero-order valence-electron chi connectivity index (χ0n) is 19.4.